The van der Waals surface area contributed by atoms with Crippen LogP contribution < -0.4 is 0 Å². The van der Waals surface area contributed by atoms with Crippen molar-refractivity contribution in [2.24, 2.45) is 0 Å². The van der Waals surface area contributed by atoms with Crippen molar-refractivity contribution in [3.63, 3.8) is 0 Å². The summed E-state index contributed by atoms with van der Waals surface area (Å²) < 4.78 is 0. The van der Waals surface area contributed by atoms with Gasteiger partial charge >= 0.3 is 0 Å². The van der Waals surface area contributed by atoms with Crippen LogP contribution in [0.3, 0.4) is 0 Å². The Bertz CT molecular complexity index is 190. The molecule has 0 spiro atoms. The van der Waals surface area contributed by atoms with Gasteiger partial charge < -0.3 is 4.90 Å². The average molecular weight is 311 g/mol. The standard InChI is InChI=1S/C21H44N/c1-4-6-7-8-9-10-11-12-13-14-15-16-17-18-19-20-21-22(3)5-2/h2,4-21H2,1,3H3. The van der Waals surface area contributed by atoms with Gasteiger partial charge in [-0.3, -0.25) is 0 Å². The predicted octanol–water partition coefficient (Wildman–Crippen LogP) is 7.01. The van der Waals surface area contributed by atoms with Crippen LogP contribution in [0, 0.1) is 6.92 Å². The van der Waals surface area contributed by atoms with E-state index in [0.29, 0.717) is 0 Å². The molecule has 0 fully saturated rings. The topological polar surface area (TPSA) is 3.24 Å². The highest BCUT2D eigenvalue weighted by atomic mass is 15.1. The van der Waals surface area contributed by atoms with Crippen LogP contribution in [0.1, 0.15) is 110 Å². The minimum Gasteiger partial charge on any atom is -0.306 e. The lowest BCUT2D eigenvalue weighted by atomic mass is 10.0. The number of hydrogen-bond donors (Lipinski definition) is 0. The minimum absolute atomic E-state index is 0.943. The molecule has 0 aliphatic carbocycles. The maximum Gasteiger partial charge on any atom is -0.00213 e. The highest BCUT2D eigenvalue weighted by Crippen LogP contribution is 2.13. The summed E-state index contributed by atoms with van der Waals surface area (Å²) in [5.74, 6) is 0. The fourth-order valence-corrected chi connectivity index (χ4v) is 3.04. The normalized spacial score (nSPS) is 11.5. The number of hydrogen-bond acceptors (Lipinski definition) is 1. The molecular weight excluding hydrogens is 266 g/mol. The Morgan fingerprint density at radius 1 is 0.545 bits per heavy atom. The highest BCUT2D eigenvalue weighted by Gasteiger charge is 1.96. The first-order chi connectivity index (χ1) is 10.8. The highest BCUT2D eigenvalue weighted by molar-refractivity contribution is 4.54. The fourth-order valence-electron chi connectivity index (χ4n) is 3.04. The van der Waals surface area contributed by atoms with Crippen LogP contribution in [-0.2, 0) is 0 Å². The van der Waals surface area contributed by atoms with E-state index < -0.39 is 0 Å². The van der Waals surface area contributed by atoms with E-state index in [0.717, 1.165) is 6.54 Å². The van der Waals surface area contributed by atoms with Crippen molar-refractivity contribution < 1.29 is 0 Å². The molecule has 133 valence electrons. The third kappa shape index (κ3) is 18.0. The van der Waals surface area contributed by atoms with Crippen molar-refractivity contribution >= 4 is 0 Å². The Labute approximate surface area is 142 Å². The first-order valence-corrected chi connectivity index (χ1v) is 10.3. The SMILES string of the molecule is [CH2]CN(C)CCCCCCCCCCCCCCCCCC. The molecule has 0 aliphatic rings. The van der Waals surface area contributed by atoms with Crippen LogP contribution in [0.5, 0.6) is 0 Å². The number of unbranched alkanes of at least 4 members (excludes halogenated alkanes) is 15. The lowest BCUT2D eigenvalue weighted by molar-refractivity contribution is 0.354. The quantitative estimate of drug-likeness (QED) is 0.246. The molecule has 0 rings (SSSR count). The summed E-state index contributed by atoms with van der Waals surface area (Å²) in [4.78, 5) is 2.31. The van der Waals surface area contributed by atoms with Gasteiger partial charge in [0, 0.05) is 0 Å². The molecule has 0 aromatic heterocycles. The summed E-state index contributed by atoms with van der Waals surface area (Å²) in [6.07, 6.45) is 23.2. The van der Waals surface area contributed by atoms with E-state index >= 15 is 0 Å². The fraction of sp³-hybridized carbons (Fsp3) is 0.952. The second-order valence-corrected chi connectivity index (χ2v) is 7.11. The molecule has 0 aromatic rings. The maximum atomic E-state index is 3.90. The van der Waals surface area contributed by atoms with Crippen LogP contribution in [0.25, 0.3) is 0 Å². The molecule has 0 heterocycles. The molecule has 0 saturated heterocycles. The van der Waals surface area contributed by atoms with E-state index in [-0.39, 0.29) is 0 Å². The van der Waals surface area contributed by atoms with Gasteiger partial charge in [0.2, 0.25) is 0 Å². The summed E-state index contributed by atoms with van der Waals surface area (Å²) in [5.41, 5.74) is 0. The van der Waals surface area contributed by atoms with Gasteiger partial charge in [-0.05, 0) is 33.5 Å². The molecule has 0 aliphatic heterocycles. The van der Waals surface area contributed by atoms with Crippen molar-refractivity contribution in [2.45, 2.75) is 110 Å². The van der Waals surface area contributed by atoms with Crippen LogP contribution in [-0.4, -0.2) is 25.0 Å². The Morgan fingerprint density at radius 3 is 1.18 bits per heavy atom. The van der Waals surface area contributed by atoms with Crippen LogP contribution >= 0.6 is 0 Å². The maximum absolute atomic E-state index is 3.90. The van der Waals surface area contributed by atoms with Gasteiger partial charge in [-0.25, -0.2) is 0 Å². The van der Waals surface area contributed by atoms with E-state index in [1.54, 1.807) is 0 Å². The molecule has 0 aromatic carbocycles. The Hall–Kier alpha value is -0.0400. The summed E-state index contributed by atoms with van der Waals surface area (Å²) in [7, 11) is 2.16. The summed E-state index contributed by atoms with van der Waals surface area (Å²) in [6.45, 7) is 8.37. The molecule has 1 radical (unpaired) electrons. The molecule has 0 bridgehead atoms. The Balaban J connectivity index is 2.97. The van der Waals surface area contributed by atoms with Crippen LogP contribution in [0.15, 0.2) is 0 Å². The summed E-state index contributed by atoms with van der Waals surface area (Å²) in [5, 5.41) is 0. The molecule has 0 unspecified atom stereocenters. The zero-order chi connectivity index (χ0) is 16.3. The molecule has 0 saturated carbocycles. The van der Waals surface area contributed by atoms with E-state index in [4.69, 9.17) is 0 Å². The predicted molar refractivity (Wildman–Crippen MR) is 102 cm³/mol. The van der Waals surface area contributed by atoms with Crippen LogP contribution in [0.2, 0.25) is 0 Å². The van der Waals surface area contributed by atoms with Gasteiger partial charge in [-0.15, -0.1) is 0 Å². The zero-order valence-electron chi connectivity index (χ0n) is 15.9. The van der Waals surface area contributed by atoms with Crippen molar-refractivity contribution in [3.8, 4) is 0 Å². The molecule has 1 nitrogen and oxygen atoms in total. The van der Waals surface area contributed by atoms with Gasteiger partial charge in [0.05, 0.1) is 0 Å². The molecule has 0 N–H and O–H groups in total. The molecule has 22 heavy (non-hydrogen) atoms. The lowest BCUT2D eigenvalue weighted by Gasteiger charge is -2.12. The average Bonchev–Trinajstić information content (AvgIpc) is 2.54. The molecule has 1 heteroatoms. The summed E-state index contributed by atoms with van der Waals surface area (Å²) >= 11 is 0. The van der Waals surface area contributed by atoms with E-state index in [9.17, 15) is 0 Å². The Morgan fingerprint density at radius 2 is 0.864 bits per heavy atom. The van der Waals surface area contributed by atoms with Crippen molar-refractivity contribution in [2.75, 3.05) is 20.1 Å². The summed E-state index contributed by atoms with van der Waals surface area (Å²) in [6, 6.07) is 0. The first kappa shape index (κ1) is 22.0. The number of rotatable bonds is 18. The van der Waals surface area contributed by atoms with Crippen LogP contribution in [0.4, 0.5) is 0 Å². The number of nitrogens with zero attached hydrogens (tertiary/aromatic N) is 1. The molecule has 0 atom stereocenters. The van der Waals surface area contributed by atoms with Crippen molar-refractivity contribution in [1.82, 2.24) is 4.90 Å². The smallest absolute Gasteiger partial charge is 0.00213 e. The largest absolute Gasteiger partial charge is 0.306 e. The second-order valence-electron chi connectivity index (χ2n) is 7.11. The monoisotopic (exact) mass is 310 g/mol. The lowest BCUT2D eigenvalue weighted by Crippen LogP contribution is -2.18. The Kier molecular flexibility index (Phi) is 19.0. The van der Waals surface area contributed by atoms with E-state index in [1.165, 1.54) is 109 Å². The first-order valence-electron chi connectivity index (χ1n) is 10.3. The van der Waals surface area contributed by atoms with Crippen molar-refractivity contribution in [3.05, 3.63) is 6.92 Å². The molecular formula is C21H44N. The minimum atomic E-state index is 0.943. The second kappa shape index (κ2) is 19.0. The van der Waals surface area contributed by atoms with Gasteiger partial charge in [0.15, 0.2) is 0 Å². The van der Waals surface area contributed by atoms with E-state index in [2.05, 4.69) is 25.8 Å². The van der Waals surface area contributed by atoms with E-state index in [1.807, 2.05) is 0 Å². The molecule has 0 amide bonds. The third-order valence-corrected chi connectivity index (χ3v) is 4.78. The third-order valence-electron chi connectivity index (χ3n) is 4.78. The van der Waals surface area contributed by atoms with Gasteiger partial charge in [0.25, 0.3) is 0 Å². The van der Waals surface area contributed by atoms with Gasteiger partial charge in [-0.2, -0.15) is 0 Å². The van der Waals surface area contributed by atoms with Gasteiger partial charge in [0.1, 0.15) is 0 Å². The zero-order valence-corrected chi connectivity index (χ0v) is 15.9. The van der Waals surface area contributed by atoms with Gasteiger partial charge in [-0.1, -0.05) is 103 Å². The van der Waals surface area contributed by atoms with Crippen molar-refractivity contribution in [1.29, 1.82) is 0 Å².